The van der Waals surface area contributed by atoms with Gasteiger partial charge in [-0.15, -0.1) is 0 Å². The number of rotatable bonds is 6. The van der Waals surface area contributed by atoms with Crippen molar-refractivity contribution in [3.63, 3.8) is 0 Å². The van der Waals surface area contributed by atoms with E-state index in [1.54, 1.807) is 0 Å². The number of hydrogen-bond donors (Lipinski definition) is 1. The zero-order chi connectivity index (χ0) is 16.1. The van der Waals surface area contributed by atoms with Crippen LogP contribution in [0.2, 0.25) is 0 Å². The summed E-state index contributed by atoms with van der Waals surface area (Å²) in [6.45, 7) is 2.99. The minimum Gasteiger partial charge on any atom is -0.485 e. The van der Waals surface area contributed by atoms with Crippen LogP contribution in [0.3, 0.4) is 0 Å². The Morgan fingerprint density at radius 2 is 1.65 bits per heavy atom. The first-order valence-corrected chi connectivity index (χ1v) is 7.74. The zero-order valence-corrected chi connectivity index (χ0v) is 13.2. The molecule has 0 aromatic heterocycles. The van der Waals surface area contributed by atoms with Gasteiger partial charge in [0, 0.05) is 6.54 Å². The molecule has 0 unspecified atom stereocenters. The van der Waals surface area contributed by atoms with Gasteiger partial charge in [-0.1, -0.05) is 48.6 Å². The third kappa shape index (κ3) is 3.82. The quantitative estimate of drug-likeness (QED) is 0.877. The third-order valence-electron chi connectivity index (χ3n) is 3.78. The molecule has 0 saturated carbocycles. The Hall–Kier alpha value is -2.52. The molecule has 0 spiro atoms. The number of allylic oxidation sites excluding steroid dienone is 2. The molecule has 1 aliphatic rings. The van der Waals surface area contributed by atoms with E-state index in [2.05, 4.69) is 0 Å². The van der Waals surface area contributed by atoms with E-state index in [1.807, 2.05) is 79.8 Å². The number of benzene rings is 2. The van der Waals surface area contributed by atoms with Crippen LogP contribution in [0.4, 0.5) is 0 Å². The molecule has 3 rings (SSSR count). The lowest BCUT2D eigenvalue weighted by Gasteiger charge is -2.24. The fourth-order valence-corrected chi connectivity index (χ4v) is 2.47. The van der Waals surface area contributed by atoms with Gasteiger partial charge in [0.15, 0.2) is 11.5 Å². The average molecular weight is 307 g/mol. The van der Waals surface area contributed by atoms with E-state index in [0.717, 1.165) is 16.9 Å². The maximum Gasteiger partial charge on any atom is 0.163 e. The minimum absolute atomic E-state index is 0.446. The first kappa shape index (κ1) is 15.4. The van der Waals surface area contributed by atoms with Crippen LogP contribution in [0.15, 0.2) is 72.8 Å². The van der Waals surface area contributed by atoms with Gasteiger partial charge in [0.05, 0.1) is 0 Å². The first-order valence-electron chi connectivity index (χ1n) is 7.74. The van der Waals surface area contributed by atoms with E-state index < -0.39 is 5.60 Å². The fourth-order valence-electron chi connectivity index (χ4n) is 2.47. The second-order valence-corrected chi connectivity index (χ2v) is 5.76. The maximum atomic E-state index is 6.17. The van der Waals surface area contributed by atoms with Crippen molar-refractivity contribution in [1.82, 2.24) is 0 Å². The van der Waals surface area contributed by atoms with E-state index in [4.69, 9.17) is 15.2 Å². The Morgan fingerprint density at radius 3 is 2.35 bits per heavy atom. The predicted octanol–water partition coefficient (Wildman–Crippen LogP) is 3.99. The second kappa shape index (κ2) is 6.71. The van der Waals surface area contributed by atoms with Crippen LogP contribution >= 0.6 is 0 Å². The summed E-state index contributed by atoms with van der Waals surface area (Å²) in [7, 11) is 0. The van der Waals surface area contributed by atoms with Crippen LogP contribution in [0.1, 0.15) is 18.1 Å². The molecular weight excluding hydrogens is 286 g/mol. The molecule has 0 saturated heterocycles. The van der Waals surface area contributed by atoms with Gasteiger partial charge in [-0.3, -0.25) is 0 Å². The van der Waals surface area contributed by atoms with E-state index in [0.29, 0.717) is 18.9 Å². The summed E-state index contributed by atoms with van der Waals surface area (Å²) < 4.78 is 12.1. The van der Waals surface area contributed by atoms with Crippen LogP contribution in [-0.4, -0.2) is 5.60 Å². The summed E-state index contributed by atoms with van der Waals surface area (Å²) in [6, 6.07) is 15.9. The Morgan fingerprint density at radius 1 is 0.913 bits per heavy atom. The van der Waals surface area contributed by atoms with Crippen LogP contribution in [0, 0.1) is 0 Å². The normalized spacial score (nSPS) is 14.9. The summed E-state index contributed by atoms with van der Waals surface area (Å²) in [4.78, 5) is 0. The van der Waals surface area contributed by atoms with Crippen LogP contribution in [0.5, 0.6) is 11.5 Å². The van der Waals surface area contributed by atoms with Gasteiger partial charge in [0.25, 0.3) is 0 Å². The fraction of sp³-hybridized carbons (Fsp3) is 0.200. The van der Waals surface area contributed by atoms with Crippen LogP contribution in [0.25, 0.3) is 0 Å². The lowest BCUT2D eigenvalue weighted by Crippen LogP contribution is -2.25. The summed E-state index contributed by atoms with van der Waals surface area (Å²) >= 11 is 0. The summed E-state index contributed by atoms with van der Waals surface area (Å²) in [5.74, 6) is 1.43. The van der Waals surface area contributed by atoms with Gasteiger partial charge < -0.3 is 15.2 Å². The third-order valence-corrected chi connectivity index (χ3v) is 3.78. The molecule has 23 heavy (non-hydrogen) atoms. The second-order valence-electron chi connectivity index (χ2n) is 5.76. The molecule has 0 aliphatic heterocycles. The molecule has 118 valence electrons. The SMILES string of the molecule is CC1(Oc2cc(CN)ccc2OCc2ccccc2)C=CC=C1. The molecule has 0 amide bonds. The molecule has 3 nitrogen and oxygen atoms in total. The number of nitrogens with two attached hydrogens (primary N) is 1. The van der Waals surface area contributed by atoms with Crippen molar-refractivity contribution in [2.45, 2.75) is 25.7 Å². The van der Waals surface area contributed by atoms with E-state index >= 15 is 0 Å². The monoisotopic (exact) mass is 307 g/mol. The van der Waals surface area contributed by atoms with Crippen molar-refractivity contribution in [3.8, 4) is 11.5 Å². The summed E-state index contributed by atoms with van der Waals surface area (Å²) in [6.07, 6.45) is 8.00. The van der Waals surface area contributed by atoms with Crippen LogP contribution < -0.4 is 15.2 Å². The van der Waals surface area contributed by atoms with Crippen molar-refractivity contribution in [3.05, 3.63) is 84.0 Å². The van der Waals surface area contributed by atoms with Crippen molar-refractivity contribution in [2.24, 2.45) is 5.73 Å². The Labute approximate surface area is 137 Å². The topological polar surface area (TPSA) is 44.5 Å². The Balaban J connectivity index is 1.81. The molecule has 0 fully saturated rings. The number of hydrogen-bond acceptors (Lipinski definition) is 3. The zero-order valence-electron chi connectivity index (χ0n) is 13.2. The molecular formula is C20H21NO2. The molecule has 2 aromatic rings. The highest BCUT2D eigenvalue weighted by Gasteiger charge is 2.23. The molecule has 1 aliphatic carbocycles. The minimum atomic E-state index is -0.446. The van der Waals surface area contributed by atoms with Gasteiger partial charge in [-0.2, -0.15) is 0 Å². The molecule has 2 N–H and O–H groups in total. The standard InChI is InChI=1S/C20H21NO2/c1-20(11-5-6-12-20)23-19-13-17(14-21)9-10-18(19)22-15-16-7-3-2-4-8-16/h2-13H,14-15,21H2,1H3. The number of ether oxygens (including phenoxy) is 2. The highest BCUT2D eigenvalue weighted by Crippen LogP contribution is 2.34. The van der Waals surface area contributed by atoms with Crippen molar-refractivity contribution in [2.75, 3.05) is 0 Å². The van der Waals surface area contributed by atoms with Gasteiger partial charge in [-0.05, 0) is 42.3 Å². The lowest BCUT2D eigenvalue weighted by atomic mass is 10.1. The molecule has 3 heteroatoms. The smallest absolute Gasteiger partial charge is 0.163 e. The lowest BCUT2D eigenvalue weighted by molar-refractivity contribution is 0.180. The van der Waals surface area contributed by atoms with Gasteiger partial charge in [0.2, 0.25) is 0 Å². The molecule has 0 bridgehead atoms. The van der Waals surface area contributed by atoms with E-state index in [-0.39, 0.29) is 0 Å². The van der Waals surface area contributed by atoms with Gasteiger partial charge >= 0.3 is 0 Å². The van der Waals surface area contributed by atoms with Crippen LogP contribution in [-0.2, 0) is 13.2 Å². The molecule has 2 aromatic carbocycles. The van der Waals surface area contributed by atoms with Crippen molar-refractivity contribution in [1.29, 1.82) is 0 Å². The van der Waals surface area contributed by atoms with E-state index in [9.17, 15) is 0 Å². The summed E-state index contributed by atoms with van der Waals surface area (Å²) in [5.41, 5.74) is 7.44. The molecule has 0 heterocycles. The first-order chi connectivity index (χ1) is 11.2. The highest BCUT2D eigenvalue weighted by molar-refractivity contribution is 5.45. The van der Waals surface area contributed by atoms with Gasteiger partial charge in [0.1, 0.15) is 12.2 Å². The maximum absolute atomic E-state index is 6.17. The largest absolute Gasteiger partial charge is 0.485 e. The molecule has 0 atom stereocenters. The van der Waals surface area contributed by atoms with Crippen molar-refractivity contribution >= 4 is 0 Å². The predicted molar refractivity (Wildman–Crippen MR) is 92.4 cm³/mol. The van der Waals surface area contributed by atoms with Gasteiger partial charge in [-0.25, -0.2) is 0 Å². The average Bonchev–Trinajstić information content (AvgIpc) is 3.01. The molecule has 0 radical (unpaired) electrons. The van der Waals surface area contributed by atoms with E-state index in [1.165, 1.54) is 0 Å². The Bertz CT molecular complexity index is 708. The highest BCUT2D eigenvalue weighted by atomic mass is 16.5. The Kier molecular flexibility index (Phi) is 4.49. The summed E-state index contributed by atoms with van der Waals surface area (Å²) in [5, 5.41) is 0. The van der Waals surface area contributed by atoms with Crippen molar-refractivity contribution < 1.29 is 9.47 Å².